The highest BCUT2D eigenvalue weighted by Crippen LogP contribution is 2.65. The Labute approximate surface area is 206 Å². The maximum Gasteiger partial charge on any atom is 0.310 e. The number of hydrogen-bond donors (Lipinski definition) is 2. The van der Waals surface area contributed by atoms with Gasteiger partial charge in [-0.15, -0.1) is 6.58 Å². The van der Waals surface area contributed by atoms with E-state index in [4.69, 9.17) is 4.74 Å². The summed E-state index contributed by atoms with van der Waals surface area (Å²) in [5, 5.41) is 20.7. The van der Waals surface area contributed by atoms with E-state index in [9.17, 15) is 24.6 Å². The minimum absolute atomic E-state index is 0.262. The van der Waals surface area contributed by atoms with Gasteiger partial charge in [-0.1, -0.05) is 43.3 Å². The summed E-state index contributed by atoms with van der Waals surface area (Å²) >= 11 is 0. The second kappa shape index (κ2) is 8.75. The molecule has 1 aromatic carbocycles. The Kier molecular flexibility index (Phi) is 6.34. The van der Waals surface area contributed by atoms with Crippen molar-refractivity contribution in [1.29, 1.82) is 0 Å². The second-order valence-corrected chi connectivity index (χ2v) is 10.9. The summed E-state index contributed by atoms with van der Waals surface area (Å²) < 4.78 is 6.60. The smallest absolute Gasteiger partial charge is 0.310 e. The van der Waals surface area contributed by atoms with Crippen LogP contribution < -0.4 is 0 Å². The largest absolute Gasteiger partial charge is 0.481 e. The Morgan fingerprint density at radius 2 is 1.94 bits per heavy atom. The number of aliphatic hydroxyl groups excluding tert-OH is 1. The third-order valence-corrected chi connectivity index (χ3v) is 8.20. The lowest BCUT2D eigenvalue weighted by molar-refractivity contribution is -0.162. The number of carboxylic acids is 1. The van der Waals surface area contributed by atoms with Crippen molar-refractivity contribution in [2.75, 3.05) is 13.2 Å². The highest BCUT2D eigenvalue weighted by Gasteiger charge is 2.79. The average molecular weight is 485 g/mol. The lowest BCUT2D eigenvalue weighted by atomic mass is 9.65. The zero-order valence-electron chi connectivity index (χ0n) is 20.9. The van der Waals surface area contributed by atoms with Crippen LogP contribution in [0.1, 0.15) is 58.6 Å². The Hall–Kier alpha value is -2.71. The molecule has 8 nitrogen and oxygen atoms in total. The maximum absolute atomic E-state index is 14.4. The maximum atomic E-state index is 14.4. The van der Waals surface area contributed by atoms with Crippen LogP contribution in [0.25, 0.3) is 0 Å². The van der Waals surface area contributed by atoms with Crippen LogP contribution in [0, 0.1) is 11.8 Å². The quantitative estimate of drug-likeness (QED) is 0.550. The number of likely N-dealkylation sites (tertiary alicyclic amines) is 1. The van der Waals surface area contributed by atoms with Crippen molar-refractivity contribution in [3.63, 3.8) is 0 Å². The van der Waals surface area contributed by atoms with Gasteiger partial charge in [0.15, 0.2) is 0 Å². The van der Waals surface area contributed by atoms with Crippen LogP contribution in [0.4, 0.5) is 0 Å². The molecule has 3 heterocycles. The molecule has 3 aliphatic rings. The number of aliphatic hydroxyl groups is 1. The average Bonchev–Trinajstić information content (AvgIpc) is 3.42. The summed E-state index contributed by atoms with van der Waals surface area (Å²) in [6.45, 7) is 11.3. The van der Waals surface area contributed by atoms with Gasteiger partial charge >= 0.3 is 5.97 Å². The van der Waals surface area contributed by atoms with Crippen LogP contribution in [0.3, 0.4) is 0 Å². The number of carboxylic acid groups (broad SMARTS) is 1. The van der Waals surface area contributed by atoms with Crippen molar-refractivity contribution in [2.24, 2.45) is 11.8 Å². The number of amides is 2. The molecule has 6 atom stereocenters. The molecule has 0 saturated carbocycles. The summed E-state index contributed by atoms with van der Waals surface area (Å²) in [4.78, 5) is 44.1. The van der Waals surface area contributed by atoms with E-state index in [-0.39, 0.29) is 12.5 Å². The molecule has 3 fully saturated rings. The normalized spacial score (nSPS) is 32.4. The lowest BCUT2D eigenvalue weighted by Crippen LogP contribution is -2.60. The van der Waals surface area contributed by atoms with E-state index >= 15 is 0 Å². The van der Waals surface area contributed by atoms with Crippen molar-refractivity contribution in [3.05, 3.63) is 48.6 Å². The summed E-state index contributed by atoms with van der Waals surface area (Å²) in [6, 6.07) is 7.18. The number of hydrogen-bond acceptors (Lipinski definition) is 5. The van der Waals surface area contributed by atoms with Gasteiger partial charge in [-0.05, 0) is 45.6 Å². The Balaban J connectivity index is 1.91. The second-order valence-electron chi connectivity index (χ2n) is 10.9. The first-order valence-corrected chi connectivity index (χ1v) is 12.3. The Bertz CT molecular complexity index is 1020. The third kappa shape index (κ3) is 3.61. The van der Waals surface area contributed by atoms with Gasteiger partial charge in [-0.3, -0.25) is 14.4 Å². The molecule has 1 spiro atoms. The summed E-state index contributed by atoms with van der Waals surface area (Å²) in [6.07, 6.45) is 2.95. The molecule has 1 aromatic rings. The van der Waals surface area contributed by atoms with E-state index in [1.807, 2.05) is 45.9 Å². The molecule has 2 N–H and O–H groups in total. The number of carbonyl (C=O) groups is 3. The minimum Gasteiger partial charge on any atom is -0.481 e. The van der Waals surface area contributed by atoms with Gasteiger partial charge < -0.3 is 24.7 Å². The molecule has 2 amide bonds. The molecule has 0 aliphatic carbocycles. The molecule has 4 rings (SSSR count). The van der Waals surface area contributed by atoms with Gasteiger partial charge in [-0.25, -0.2) is 0 Å². The van der Waals surface area contributed by atoms with E-state index in [1.165, 1.54) is 4.90 Å². The molecular formula is C27H36N2O6. The van der Waals surface area contributed by atoms with E-state index in [1.54, 1.807) is 23.1 Å². The van der Waals surface area contributed by atoms with Crippen molar-refractivity contribution in [1.82, 2.24) is 9.80 Å². The molecule has 0 radical (unpaired) electrons. The Morgan fingerprint density at radius 1 is 1.29 bits per heavy atom. The first-order chi connectivity index (χ1) is 16.5. The fraction of sp³-hybridized carbons (Fsp3) is 0.593. The van der Waals surface area contributed by atoms with Gasteiger partial charge in [0.05, 0.1) is 24.2 Å². The molecule has 190 valence electrons. The summed E-state index contributed by atoms with van der Waals surface area (Å²) in [7, 11) is 0. The van der Waals surface area contributed by atoms with E-state index in [0.717, 1.165) is 0 Å². The van der Waals surface area contributed by atoms with Gasteiger partial charge in [0.2, 0.25) is 11.8 Å². The topological polar surface area (TPSA) is 107 Å². The van der Waals surface area contributed by atoms with Crippen LogP contribution >= 0.6 is 0 Å². The number of carbonyl (C=O) groups excluding carboxylic acids is 2. The third-order valence-electron chi connectivity index (χ3n) is 8.20. The summed E-state index contributed by atoms with van der Waals surface area (Å²) in [5.41, 5.74) is -2.15. The van der Waals surface area contributed by atoms with E-state index in [2.05, 4.69) is 6.58 Å². The first-order valence-electron chi connectivity index (χ1n) is 12.3. The number of ether oxygens (including phenoxy) is 1. The number of rotatable bonds is 8. The predicted octanol–water partition coefficient (Wildman–Crippen LogP) is 2.77. The first kappa shape index (κ1) is 25.4. The number of fused-ring (bicyclic) bond motifs is 1. The van der Waals surface area contributed by atoms with E-state index in [0.29, 0.717) is 24.8 Å². The zero-order valence-corrected chi connectivity index (χ0v) is 20.9. The van der Waals surface area contributed by atoms with Crippen molar-refractivity contribution in [2.45, 2.75) is 75.8 Å². The van der Waals surface area contributed by atoms with Crippen LogP contribution in [0.5, 0.6) is 0 Å². The molecule has 2 bridgehead atoms. The number of aliphatic carboxylic acids is 1. The monoisotopic (exact) mass is 484 g/mol. The summed E-state index contributed by atoms with van der Waals surface area (Å²) in [5.74, 6) is -3.89. The van der Waals surface area contributed by atoms with Crippen LogP contribution in [0.2, 0.25) is 0 Å². The molecule has 0 aromatic heterocycles. The zero-order chi connectivity index (χ0) is 25.8. The number of benzene rings is 1. The SMILES string of the molecule is C=CCN(C(=O)C1N([C@H](CO)c2ccccc2)C(=O)[C@@H]2[C@@H](C(=O)O)[C@@]3(CC)CCC12O3)C(C)(C)C. The fourth-order valence-electron chi connectivity index (χ4n) is 6.65. The molecule has 8 heteroatoms. The highest BCUT2D eigenvalue weighted by molar-refractivity contribution is 5.98. The van der Waals surface area contributed by atoms with Gasteiger partial charge in [0.1, 0.15) is 17.6 Å². The number of nitrogens with zero attached hydrogens (tertiary/aromatic N) is 2. The fourth-order valence-corrected chi connectivity index (χ4v) is 6.65. The highest BCUT2D eigenvalue weighted by atomic mass is 16.5. The lowest BCUT2D eigenvalue weighted by Gasteiger charge is -2.43. The molecular weight excluding hydrogens is 448 g/mol. The molecule has 3 saturated heterocycles. The van der Waals surface area contributed by atoms with Crippen LogP contribution in [-0.2, 0) is 19.1 Å². The molecule has 3 aliphatic heterocycles. The van der Waals surface area contributed by atoms with Crippen molar-refractivity contribution in [3.8, 4) is 0 Å². The van der Waals surface area contributed by atoms with E-state index < -0.39 is 59.1 Å². The van der Waals surface area contributed by atoms with Gasteiger partial charge in [0, 0.05) is 12.1 Å². The van der Waals surface area contributed by atoms with Crippen LogP contribution in [-0.4, -0.2) is 73.7 Å². The molecule has 35 heavy (non-hydrogen) atoms. The predicted molar refractivity (Wildman–Crippen MR) is 129 cm³/mol. The van der Waals surface area contributed by atoms with Crippen LogP contribution in [0.15, 0.2) is 43.0 Å². The Morgan fingerprint density at radius 3 is 2.46 bits per heavy atom. The minimum atomic E-state index is -1.26. The van der Waals surface area contributed by atoms with Crippen molar-refractivity contribution < 1.29 is 29.3 Å². The van der Waals surface area contributed by atoms with Gasteiger partial charge in [-0.2, -0.15) is 0 Å². The molecule has 2 unspecified atom stereocenters. The van der Waals surface area contributed by atoms with Gasteiger partial charge in [0.25, 0.3) is 0 Å². The van der Waals surface area contributed by atoms with Crippen molar-refractivity contribution >= 4 is 17.8 Å². The standard InChI is InChI=1S/C27H36N2O6/c1-6-15-28(25(3,4)5)23(32)21-27-14-13-26(7-2,35-27)20(24(33)34)19(27)22(31)29(21)18(16-30)17-11-9-8-10-12-17/h6,8-12,18-21,30H,1,7,13-16H2,2-5H3,(H,33,34)/t18-,19+,20+,21?,26-,27?/m1/s1.